The van der Waals surface area contributed by atoms with Gasteiger partial charge in [0.05, 0.1) is 0 Å². The summed E-state index contributed by atoms with van der Waals surface area (Å²) in [7, 11) is 0. The summed E-state index contributed by atoms with van der Waals surface area (Å²) >= 11 is 0. The van der Waals surface area contributed by atoms with Crippen molar-refractivity contribution in [2.75, 3.05) is 0 Å². The van der Waals surface area contributed by atoms with Gasteiger partial charge in [-0.05, 0) is 53.8 Å². The third-order valence-corrected chi connectivity index (χ3v) is 3.06. The van der Waals surface area contributed by atoms with Gasteiger partial charge in [-0.25, -0.2) is 0 Å². The van der Waals surface area contributed by atoms with E-state index in [0.29, 0.717) is 0 Å². The Hall–Kier alpha value is -1.82. The predicted octanol–water partition coefficient (Wildman–Crippen LogP) is 5.05. The van der Waals surface area contributed by atoms with Crippen molar-refractivity contribution in [3.8, 4) is 0 Å². The molecule has 2 rings (SSSR count). The maximum atomic E-state index is 3.72. The average molecular weight is 222 g/mol. The molecule has 0 spiro atoms. The van der Waals surface area contributed by atoms with Gasteiger partial charge in [0.15, 0.2) is 0 Å². The second kappa shape index (κ2) is 5.01. The lowest BCUT2D eigenvalue weighted by Crippen LogP contribution is -1.84. The van der Waals surface area contributed by atoms with Crippen LogP contribution in [0, 0.1) is 13.8 Å². The molecule has 0 amide bonds. The number of rotatable bonds is 3. The van der Waals surface area contributed by atoms with Crippen molar-refractivity contribution in [1.29, 1.82) is 0 Å². The summed E-state index contributed by atoms with van der Waals surface area (Å²) in [6.45, 7) is 8.06. The van der Waals surface area contributed by atoms with Crippen LogP contribution in [0.25, 0.3) is 16.8 Å². The summed E-state index contributed by atoms with van der Waals surface area (Å²) in [6, 6.07) is 11.0. The van der Waals surface area contributed by atoms with E-state index in [1.807, 2.05) is 6.08 Å². The molecule has 0 aromatic heterocycles. The summed E-state index contributed by atoms with van der Waals surface area (Å²) in [5.41, 5.74) is 3.94. The number of hydrogen-bond acceptors (Lipinski definition) is 0. The highest BCUT2D eigenvalue weighted by atomic mass is 14.1. The Bertz CT molecular complexity index is 574. The van der Waals surface area contributed by atoms with Crippen LogP contribution in [0.5, 0.6) is 0 Å². The van der Waals surface area contributed by atoms with E-state index in [4.69, 9.17) is 0 Å². The van der Waals surface area contributed by atoms with E-state index >= 15 is 0 Å². The lowest BCUT2D eigenvalue weighted by Gasteiger charge is -2.07. The summed E-state index contributed by atoms with van der Waals surface area (Å²) in [4.78, 5) is 0. The van der Waals surface area contributed by atoms with Gasteiger partial charge in [-0.1, -0.05) is 42.5 Å². The van der Waals surface area contributed by atoms with Gasteiger partial charge in [-0.3, -0.25) is 0 Å². The second-order valence-electron chi connectivity index (χ2n) is 4.43. The van der Waals surface area contributed by atoms with Gasteiger partial charge in [-0.2, -0.15) is 0 Å². The number of benzene rings is 2. The summed E-state index contributed by atoms with van der Waals surface area (Å²) in [5, 5.41) is 2.71. The first kappa shape index (κ1) is 11.7. The Balaban J connectivity index is 2.54. The zero-order valence-electron chi connectivity index (χ0n) is 10.5. The van der Waals surface area contributed by atoms with Gasteiger partial charge in [0.2, 0.25) is 0 Å². The third kappa shape index (κ3) is 2.47. The Kier molecular flexibility index (Phi) is 3.43. The number of aryl methyl sites for hydroxylation is 2. The summed E-state index contributed by atoms with van der Waals surface area (Å²) < 4.78 is 0. The molecule has 0 aliphatic heterocycles. The van der Waals surface area contributed by atoms with Crippen molar-refractivity contribution >= 4 is 16.8 Å². The molecule has 2 aromatic carbocycles. The van der Waals surface area contributed by atoms with Crippen LogP contribution < -0.4 is 0 Å². The minimum absolute atomic E-state index is 0.921. The molecule has 0 unspecified atom stereocenters. The molecule has 0 saturated heterocycles. The van der Waals surface area contributed by atoms with E-state index in [1.165, 1.54) is 27.5 Å². The van der Waals surface area contributed by atoms with Gasteiger partial charge < -0.3 is 0 Å². The molecule has 86 valence electrons. The van der Waals surface area contributed by atoms with Gasteiger partial charge in [-0.15, -0.1) is 6.58 Å². The molecule has 0 fully saturated rings. The van der Waals surface area contributed by atoms with Crippen LogP contribution >= 0.6 is 0 Å². The molecule has 0 atom stereocenters. The molecule has 0 aliphatic carbocycles. The van der Waals surface area contributed by atoms with Crippen molar-refractivity contribution in [3.05, 3.63) is 65.8 Å². The molecule has 0 N–H and O–H groups in total. The van der Waals surface area contributed by atoms with Crippen molar-refractivity contribution < 1.29 is 0 Å². The largest absolute Gasteiger partial charge is 0.103 e. The first-order valence-corrected chi connectivity index (χ1v) is 6.00. The third-order valence-electron chi connectivity index (χ3n) is 3.06. The molecular weight excluding hydrogens is 204 g/mol. The van der Waals surface area contributed by atoms with Crippen molar-refractivity contribution in [3.63, 3.8) is 0 Å². The maximum absolute atomic E-state index is 3.72. The Labute approximate surface area is 103 Å². The van der Waals surface area contributed by atoms with Crippen LogP contribution in [0.2, 0.25) is 0 Å². The van der Waals surface area contributed by atoms with Crippen LogP contribution in [0.15, 0.2) is 49.1 Å². The molecule has 0 saturated carbocycles. The van der Waals surface area contributed by atoms with E-state index < -0.39 is 0 Å². The van der Waals surface area contributed by atoms with E-state index in [1.54, 1.807) is 0 Å². The molecule has 0 heterocycles. The lowest BCUT2D eigenvalue weighted by atomic mass is 9.98. The minimum Gasteiger partial charge on any atom is -0.103 e. The lowest BCUT2D eigenvalue weighted by molar-refractivity contribution is 1.42. The highest BCUT2D eigenvalue weighted by Crippen LogP contribution is 2.24. The standard InChI is InChI=1S/C17H18/c1-4-5-6-9-15-11-14(3)16-10-7-8-13(2)17(16)12-15/h4,6-12H,1,5H2,2-3H3. The van der Waals surface area contributed by atoms with Crippen LogP contribution in [0.1, 0.15) is 23.1 Å². The molecule has 0 bridgehead atoms. The van der Waals surface area contributed by atoms with Crippen molar-refractivity contribution in [2.24, 2.45) is 0 Å². The molecule has 0 aliphatic rings. The molecule has 0 heteroatoms. The highest BCUT2D eigenvalue weighted by Gasteiger charge is 2.01. The SMILES string of the molecule is C=CCC=Cc1cc(C)c2cccc(C)c2c1. The fourth-order valence-corrected chi connectivity index (χ4v) is 2.15. The molecule has 17 heavy (non-hydrogen) atoms. The predicted molar refractivity (Wildman–Crippen MR) is 77.3 cm³/mol. The van der Waals surface area contributed by atoms with Gasteiger partial charge in [0.25, 0.3) is 0 Å². The summed E-state index contributed by atoms with van der Waals surface area (Å²) in [6.07, 6.45) is 7.15. The average Bonchev–Trinajstić information content (AvgIpc) is 2.31. The van der Waals surface area contributed by atoms with Crippen LogP contribution in [0.3, 0.4) is 0 Å². The van der Waals surface area contributed by atoms with Crippen LogP contribution in [0.4, 0.5) is 0 Å². The monoisotopic (exact) mass is 222 g/mol. The van der Waals surface area contributed by atoms with Gasteiger partial charge >= 0.3 is 0 Å². The highest BCUT2D eigenvalue weighted by molar-refractivity contribution is 5.90. The van der Waals surface area contributed by atoms with E-state index in [9.17, 15) is 0 Å². The van der Waals surface area contributed by atoms with Crippen molar-refractivity contribution in [1.82, 2.24) is 0 Å². The Morgan fingerprint density at radius 2 is 1.88 bits per heavy atom. The van der Waals surface area contributed by atoms with Crippen LogP contribution in [-0.4, -0.2) is 0 Å². The second-order valence-corrected chi connectivity index (χ2v) is 4.43. The maximum Gasteiger partial charge on any atom is -0.0146 e. The van der Waals surface area contributed by atoms with E-state index in [2.05, 4.69) is 62.9 Å². The van der Waals surface area contributed by atoms with E-state index in [0.717, 1.165) is 6.42 Å². The fraction of sp³-hybridized carbons (Fsp3) is 0.176. The smallest absolute Gasteiger partial charge is 0.0146 e. The Morgan fingerprint density at radius 3 is 2.65 bits per heavy atom. The zero-order chi connectivity index (χ0) is 12.3. The fourth-order valence-electron chi connectivity index (χ4n) is 2.15. The van der Waals surface area contributed by atoms with Crippen molar-refractivity contribution in [2.45, 2.75) is 20.3 Å². The van der Waals surface area contributed by atoms with Gasteiger partial charge in [0.1, 0.15) is 0 Å². The quantitative estimate of drug-likeness (QED) is 0.638. The van der Waals surface area contributed by atoms with Crippen LogP contribution in [-0.2, 0) is 0 Å². The first-order chi connectivity index (χ1) is 8.22. The molecule has 0 nitrogen and oxygen atoms in total. The van der Waals surface area contributed by atoms with E-state index in [-0.39, 0.29) is 0 Å². The number of allylic oxidation sites excluding steroid dienone is 2. The Morgan fingerprint density at radius 1 is 1.06 bits per heavy atom. The topological polar surface area (TPSA) is 0 Å². The minimum atomic E-state index is 0.921. The molecule has 2 aromatic rings. The first-order valence-electron chi connectivity index (χ1n) is 6.00. The zero-order valence-corrected chi connectivity index (χ0v) is 10.5. The molecular formula is C17H18. The molecule has 0 radical (unpaired) electrons. The number of fused-ring (bicyclic) bond motifs is 1. The number of hydrogen-bond donors (Lipinski definition) is 0. The van der Waals surface area contributed by atoms with Gasteiger partial charge in [0, 0.05) is 0 Å². The summed E-state index contributed by atoms with van der Waals surface area (Å²) in [5.74, 6) is 0. The normalized spacial score (nSPS) is 11.2.